The molecule has 1 aromatic heterocycles. The number of aliphatic carboxylic acids is 1. The van der Waals surface area contributed by atoms with E-state index in [1.165, 1.54) is 0 Å². The second-order valence-corrected chi connectivity index (χ2v) is 4.64. The van der Waals surface area contributed by atoms with Crippen molar-refractivity contribution in [3.05, 3.63) is 23.1 Å². The van der Waals surface area contributed by atoms with Crippen molar-refractivity contribution in [2.75, 3.05) is 0 Å². The normalized spacial score (nSPS) is 26.6. The number of hydrogen-bond acceptors (Lipinski definition) is 3. The van der Waals surface area contributed by atoms with Crippen molar-refractivity contribution in [1.29, 1.82) is 0 Å². The van der Waals surface area contributed by atoms with Crippen LogP contribution >= 0.6 is 11.6 Å². The number of carboxylic acid groups (broad SMARTS) is 1. The van der Waals surface area contributed by atoms with E-state index in [4.69, 9.17) is 21.1 Å². The molecule has 0 aromatic carbocycles. The summed E-state index contributed by atoms with van der Waals surface area (Å²) in [6.07, 6.45) is 0.382. The lowest BCUT2D eigenvalue weighted by Crippen LogP contribution is -2.37. The Morgan fingerprint density at radius 1 is 1.65 bits per heavy atom. The third-order valence-corrected chi connectivity index (χ3v) is 3.35. The van der Waals surface area contributed by atoms with Crippen molar-refractivity contribution in [1.82, 2.24) is 5.32 Å². The standard InChI is InChI=1S/C11H12ClNO4/c1-6-4-11(6,10(15)16)9(14)13-5-7-2-3-8(12)17-7/h2-3,6H,4-5H2,1H3,(H,13,14)(H,15,16). The molecule has 1 fully saturated rings. The van der Waals surface area contributed by atoms with Gasteiger partial charge >= 0.3 is 5.97 Å². The zero-order valence-electron chi connectivity index (χ0n) is 9.20. The van der Waals surface area contributed by atoms with Crippen molar-refractivity contribution < 1.29 is 19.1 Å². The Hall–Kier alpha value is -1.49. The van der Waals surface area contributed by atoms with Crippen LogP contribution in [-0.2, 0) is 16.1 Å². The first-order valence-corrected chi connectivity index (χ1v) is 5.60. The van der Waals surface area contributed by atoms with Gasteiger partial charge in [-0.1, -0.05) is 6.92 Å². The summed E-state index contributed by atoms with van der Waals surface area (Å²) in [6, 6.07) is 3.20. The first-order valence-electron chi connectivity index (χ1n) is 5.22. The Kier molecular flexibility index (Phi) is 2.87. The molecule has 17 heavy (non-hydrogen) atoms. The number of carbonyl (C=O) groups excluding carboxylic acids is 1. The van der Waals surface area contributed by atoms with E-state index in [0.29, 0.717) is 12.2 Å². The molecule has 2 unspecified atom stereocenters. The van der Waals surface area contributed by atoms with Crippen molar-refractivity contribution in [3.8, 4) is 0 Å². The molecule has 6 heteroatoms. The molecule has 0 spiro atoms. The number of amides is 1. The first-order chi connectivity index (χ1) is 7.96. The Balaban J connectivity index is 1.96. The molecule has 2 N–H and O–H groups in total. The summed E-state index contributed by atoms with van der Waals surface area (Å²) in [5.74, 6) is -1.16. The molecule has 1 saturated carbocycles. The fraction of sp³-hybridized carbons (Fsp3) is 0.455. The smallest absolute Gasteiger partial charge is 0.319 e. The van der Waals surface area contributed by atoms with Gasteiger partial charge in [-0.05, 0) is 36.1 Å². The molecule has 1 aliphatic rings. The maximum atomic E-state index is 11.8. The SMILES string of the molecule is CC1CC1(C(=O)O)C(=O)NCc1ccc(Cl)o1. The maximum Gasteiger partial charge on any atom is 0.319 e. The number of hydrogen-bond donors (Lipinski definition) is 2. The minimum Gasteiger partial charge on any atom is -0.480 e. The van der Waals surface area contributed by atoms with Crippen LogP contribution in [0, 0.1) is 11.3 Å². The van der Waals surface area contributed by atoms with Crippen molar-refractivity contribution >= 4 is 23.5 Å². The number of carboxylic acids is 1. The van der Waals surface area contributed by atoms with Gasteiger partial charge in [-0.25, -0.2) is 0 Å². The van der Waals surface area contributed by atoms with E-state index in [1.54, 1.807) is 19.1 Å². The van der Waals surface area contributed by atoms with Gasteiger partial charge in [0, 0.05) is 0 Å². The maximum absolute atomic E-state index is 11.8. The average Bonchev–Trinajstić information content (AvgIpc) is 2.78. The van der Waals surface area contributed by atoms with E-state index < -0.39 is 17.3 Å². The van der Waals surface area contributed by atoms with Gasteiger partial charge in [0.05, 0.1) is 6.54 Å². The molecule has 0 bridgehead atoms. The molecule has 0 radical (unpaired) electrons. The summed E-state index contributed by atoms with van der Waals surface area (Å²) < 4.78 is 5.06. The van der Waals surface area contributed by atoms with Crippen LogP contribution in [0.25, 0.3) is 0 Å². The third-order valence-electron chi connectivity index (χ3n) is 3.15. The fourth-order valence-corrected chi connectivity index (χ4v) is 2.07. The van der Waals surface area contributed by atoms with Gasteiger partial charge in [0.1, 0.15) is 11.2 Å². The fourth-order valence-electron chi connectivity index (χ4n) is 1.91. The van der Waals surface area contributed by atoms with Gasteiger partial charge in [0.25, 0.3) is 0 Å². The lowest BCUT2D eigenvalue weighted by atomic mass is 10.0. The largest absolute Gasteiger partial charge is 0.480 e. The molecular formula is C11H12ClNO4. The van der Waals surface area contributed by atoms with Gasteiger partial charge in [-0.15, -0.1) is 0 Å². The molecular weight excluding hydrogens is 246 g/mol. The van der Waals surface area contributed by atoms with Crippen LogP contribution in [0.5, 0.6) is 0 Å². The predicted octanol–water partition coefficient (Wildman–Crippen LogP) is 1.66. The van der Waals surface area contributed by atoms with E-state index >= 15 is 0 Å². The number of nitrogens with one attached hydrogen (secondary N) is 1. The summed E-state index contributed by atoms with van der Waals surface area (Å²) in [6.45, 7) is 1.89. The molecule has 1 heterocycles. The highest BCUT2D eigenvalue weighted by Crippen LogP contribution is 2.52. The van der Waals surface area contributed by atoms with E-state index in [9.17, 15) is 9.59 Å². The highest BCUT2D eigenvalue weighted by molar-refractivity contribution is 6.28. The van der Waals surface area contributed by atoms with Gasteiger partial charge < -0.3 is 14.8 Å². The summed E-state index contributed by atoms with van der Waals surface area (Å²) in [5, 5.41) is 11.8. The summed E-state index contributed by atoms with van der Waals surface area (Å²) in [4.78, 5) is 22.8. The lowest BCUT2D eigenvalue weighted by Gasteiger charge is -2.10. The Morgan fingerprint density at radius 2 is 2.29 bits per heavy atom. The molecule has 0 aliphatic heterocycles. The molecule has 92 valence electrons. The van der Waals surface area contributed by atoms with E-state index in [1.807, 2.05) is 0 Å². The molecule has 1 aromatic rings. The summed E-state index contributed by atoms with van der Waals surface area (Å²) >= 11 is 5.58. The molecule has 2 rings (SSSR count). The lowest BCUT2D eigenvalue weighted by molar-refractivity contribution is -0.149. The number of halogens is 1. The van der Waals surface area contributed by atoms with Crippen LogP contribution in [-0.4, -0.2) is 17.0 Å². The van der Waals surface area contributed by atoms with E-state index in [-0.39, 0.29) is 17.7 Å². The number of carbonyl (C=O) groups is 2. The quantitative estimate of drug-likeness (QED) is 0.804. The topological polar surface area (TPSA) is 79.5 Å². The monoisotopic (exact) mass is 257 g/mol. The van der Waals surface area contributed by atoms with Crippen LogP contribution in [0.4, 0.5) is 0 Å². The minimum absolute atomic E-state index is 0.125. The average molecular weight is 258 g/mol. The second kappa shape index (κ2) is 4.07. The molecule has 1 amide bonds. The van der Waals surface area contributed by atoms with Crippen molar-refractivity contribution in [2.24, 2.45) is 11.3 Å². The van der Waals surface area contributed by atoms with Crippen LogP contribution < -0.4 is 5.32 Å². The molecule has 2 atom stereocenters. The van der Waals surface area contributed by atoms with Crippen LogP contribution in [0.2, 0.25) is 5.22 Å². The van der Waals surface area contributed by atoms with Crippen molar-refractivity contribution in [2.45, 2.75) is 19.9 Å². The van der Waals surface area contributed by atoms with Gasteiger partial charge in [-0.2, -0.15) is 0 Å². The Morgan fingerprint density at radius 3 is 2.71 bits per heavy atom. The van der Waals surface area contributed by atoms with Crippen LogP contribution in [0.15, 0.2) is 16.5 Å². The van der Waals surface area contributed by atoms with Crippen LogP contribution in [0.1, 0.15) is 19.1 Å². The van der Waals surface area contributed by atoms with Crippen molar-refractivity contribution in [3.63, 3.8) is 0 Å². The predicted molar refractivity (Wildman–Crippen MR) is 59.4 cm³/mol. The Labute approximate surface area is 103 Å². The molecule has 1 aliphatic carbocycles. The highest BCUT2D eigenvalue weighted by atomic mass is 35.5. The van der Waals surface area contributed by atoms with Gasteiger partial charge in [-0.3, -0.25) is 9.59 Å². The first kappa shape index (κ1) is 12.0. The summed E-state index contributed by atoms with van der Waals surface area (Å²) in [5.41, 5.74) is -1.25. The highest BCUT2D eigenvalue weighted by Gasteiger charge is 2.63. The second-order valence-electron chi connectivity index (χ2n) is 4.27. The van der Waals surface area contributed by atoms with E-state index in [0.717, 1.165) is 0 Å². The minimum atomic E-state index is -1.25. The molecule has 0 saturated heterocycles. The zero-order chi connectivity index (χ0) is 12.6. The Bertz CT molecular complexity index is 470. The van der Waals surface area contributed by atoms with Gasteiger partial charge in [0.2, 0.25) is 5.91 Å². The summed E-state index contributed by atoms with van der Waals surface area (Å²) in [7, 11) is 0. The van der Waals surface area contributed by atoms with E-state index in [2.05, 4.69) is 5.32 Å². The molecule has 5 nitrogen and oxygen atoms in total. The number of furan rings is 1. The zero-order valence-corrected chi connectivity index (χ0v) is 9.95. The van der Waals surface area contributed by atoms with Gasteiger partial charge in [0.15, 0.2) is 5.22 Å². The number of rotatable bonds is 4. The van der Waals surface area contributed by atoms with Crippen LogP contribution in [0.3, 0.4) is 0 Å². The third kappa shape index (κ3) is 2.02.